The molecule has 0 fully saturated rings. The molecule has 0 bridgehead atoms. The second kappa shape index (κ2) is 12.8. The molecule has 0 aliphatic heterocycles. The molecular formula is C27H45N3O4. The number of amides is 3. The van der Waals surface area contributed by atoms with Crippen molar-refractivity contribution in [3.05, 3.63) is 34.9 Å². The third-order valence-corrected chi connectivity index (χ3v) is 5.61. The number of carbonyl (C=O) groups excluding carboxylic acids is 3. The van der Waals surface area contributed by atoms with Gasteiger partial charge >= 0.3 is 6.09 Å². The first-order valence-corrected chi connectivity index (χ1v) is 12.3. The Bertz CT molecular complexity index is 843. The number of hydrogen-bond acceptors (Lipinski definition) is 4. The number of benzene rings is 1. The third-order valence-electron chi connectivity index (χ3n) is 5.61. The van der Waals surface area contributed by atoms with Gasteiger partial charge in [-0.05, 0) is 90.8 Å². The van der Waals surface area contributed by atoms with E-state index in [-0.39, 0.29) is 30.4 Å². The van der Waals surface area contributed by atoms with E-state index < -0.39 is 17.7 Å². The molecule has 1 aromatic rings. The summed E-state index contributed by atoms with van der Waals surface area (Å²) in [5, 5.41) is 5.56. The van der Waals surface area contributed by atoms with Gasteiger partial charge in [0, 0.05) is 12.1 Å². The van der Waals surface area contributed by atoms with Crippen LogP contribution in [0.5, 0.6) is 0 Å². The molecule has 2 unspecified atom stereocenters. The summed E-state index contributed by atoms with van der Waals surface area (Å²) in [7, 11) is 0. The maximum absolute atomic E-state index is 13.6. The fourth-order valence-corrected chi connectivity index (χ4v) is 3.76. The maximum atomic E-state index is 13.6. The summed E-state index contributed by atoms with van der Waals surface area (Å²) in [5.74, 6) is -0.0967. The molecule has 7 nitrogen and oxygen atoms in total. The van der Waals surface area contributed by atoms with Crippen LogP contribution in [0.2, 0.25) is 0 Å². The Labute approximate surface area is 206 Å². The molecule has 0 radical (unpaired) electrons. The van der Waals surface area contributed by atoms with Crippen LogP contribution in [0.1, 0.15) is 91.0 Å². The van der Waals surface area contributed by atoms with E-state index in [2.05, 4.69) is 24.5 Å². The van der Waals surface area contributed by atoms with Gasteiger partial charge in [-0.15, -0.1) is 0 Å². The predicted molar refractivity (Wildman–Crippen MR) is 137 cm³/mol. The molecular weight excluding hydrogens is 430 g/mol. The van der Waals surface area contributed by atoms with Crippen molar-refractivity contribution in [2.75, 3.05) is 6.54 Å². The Morgan fingerprint density at radius 2 is 1.62 bits per heavy atom. The van der Waals surface area contributed by atoms with Gasteiger partial charge in [-0.25, -0.2) is 4.79 Å². The minimum atomic E-state index is -0.808. The lowest BCUT2D eigenvalue weighted by atomic mass is 9.93. The minimum absolute atomic E-state index is 0.0806. The van der Waals surface area contributed by atoms with Crippen LogP contribution in [-0.4, -0.2) is 47.0 Å². The molecule has 3 amide bonds. The molecule has 0 aromatic heterocycles. The predicted octanol–water partition coefficient (Wildman–Crippen LogP) is 5.05. The number of rotatable bonds is 10. The highest BCUT2D eigenvalue weighted by atomic mass is 16.6. The Kier molecular flexibility index (Phi) is 11.1. The smallest absolute Gasteiger partial charge is 0.408 e. The number of hydrogen-bond donors (Lipinski definition) is 2. The molecule has 0 aliphatic carbocycles. The van der Waals surface area contributed by atoms with E-state index in [9.17, 15) is 14.4 Å². The monoisotopic (exact) mass is 475 g/mol. The highest BCUT2D eigenvalue weighted by molar-refractivity contribution is 5.91. The average molecular weight is 476 g/mol. The molecule has 1 aromatic carbocycles. The van der Waals surface area contributed by atoms with Crippen LogP contribution >= 0.6 is 0 Å². The maximum Gasteiger partial charge on any atom is 0.408 e. The van der Waals surface area contributed by atoms with Gasteiger partial charge < -0.3 is 20.3 Å². The summed E-state index contributed by atoms with van der Waals surface area (Å²) >= 11 is 0. The lowest BCUT2D eigenvalue weighted by Gasteiger charge is -2.37. The normalized spacial score (nSPS) is 13.4. The lowest BCUT2D eigenvalue weighted by molar-refractivity contribution is -0.143. The summed E-state index contributed by atoms with van der Waals surface area (Å²) in [5.41, 5.74) is 2.14. The van der Waals surface area contributed by atoms with Gasteiger partial charge in [0.1, 0.15) is 18.2 Å². The molecule has 0 saturated carbocycles. The number of nitrogens with one attached hydrogen (secondary N) is 2. The number of aryl methyl sites for hydroxylation is 1. The zero-order valence-corrected chi connectivity index (χ0v) is 22.7. The summed E-state index contributed by atoms with van der Waals surface area (Å²) in [6.07, 6.45) is 0.993. The fraction of sp³-hybridized carbons (Fsp3) is 0.667. The average Bonchev–Trinajstić information content (AvgIpc) is 2.69. The lowest BCUT2D eigenvalue weighted by Crippen LogP contribution is -2.52. The SMILES string of the molecule is Cc1cccc(C(C(=O)NC(C)C)N(C(=O)CNC(=O)OC(C)(C)C)C(C)CCC(C)C)c1C. The molecule has 0 heterocycles. The zero-order valence-electron chi connectivity index (χ0n) is 22.7. The highest BCUT2D eigenvalue weighted by Gasteiger charge is 2.36. The van der Waals surface area contributed by atoms with Crippen molar-refractivity contribution >= 4 is 17.9 Å². The summed E-state index contributed by atoms with van der Waals surface area (Å²) in [6.45, 7) is 19.0. The van der Waals surface area contributed by atoms with E-state index in [1.165, 1.54) is 0 Å². The van der Waals surface area contributed by atoms with Crippen LogP contribution in [0.15, 0.2) is 18.2 Å². The first kappa shape index (κ1) is 29.5. The van der Waals surface area contributed by atoms with Crippen molar-refractivity contribution < 1.29 is 19.1 Å². The van der Waals surface area contributed by atoms with Crippen LogP contribution < -0.4 is 10.6 Å². The fourth-order valence-electron chi connectivity index (χ4n) is 3.76. The number of nitrogens with zero attached hydrogens (tertiary/aromatic N) is 1. The van der Waals surface area contributed by atoms with Crippen molar-refractivity contribution in [3.8, 4) is 0 Å². The third kappa shape index (κ3) is 9.35. The number of ether oxygens (including phenoxy) is 1. The minimum Gasteiger partial charge on any atom is -0.444 e. The van der Waals surface area contributed by atoms with Crippen LogP contribution in [0.3, 0.4) is 0 Å². The van der Waals surface area contributed by atoms with E-state index in [1.54, 1.807) is 25.7 Å². The van der Waals surface area contributed by atoms with Crippen LogP contribution in [0, 0.1) is 19.8 Å². The molecule has 7 heteroatoms. The first-order chi connectivity index (χ1) is 15.6. The van der Waals surface area contributed by atoms with Crippen LogP contribution in [0.25, 0.3) is 0 Å². The standard InChI is InChI=1S/C27H45N3O4/c1-17(2)14-15-20(6)30(23(31)16-28-26(33)34-27(8,9)10)24(25(32)29-18(3)4)22-13-11-12-19(5)21(22)7/h11-13,17-18,20,24H,14-16H2,1-10H3,(H,28,33)(H,29,32). The van der Waals surface area contributed by atoms with E-state index in [4.69, 9.17) is 4.74 Å². The van der Waals surface area contributed by atoms with Crippen LogP contribution in [-0.2, 0) is 14.3 Å². The number of carbonyl (C=O) groups is 3. The molecule has 34 heavy (non-hydrogen) atoms. The second-order valence-corrected chi connectivity index (χ2v) is 10.8. The van der Waals surface area contributed by atoms with Gasteiger partial charge in [0.2, 0.25) is 11.8 Å². The largest absolute Gasteiger partial charge is 0.444 e. The van der Waals surface area contributed by atoms with Crippen molar-refractivity contribution in [3.63, 3.8) is 0 Å². The molecule has 2 N–H and O–H groups in total. The topological polar surface area (TPSA) is 87.7 Å². The van der Waals surface area contributed by atoms with Crippen molar-refractivity contribution in [2.24, 2.45) is 5.92 Å². The quantitative estimate of drug-likeness (QED) is 0.496. The van der Waals surface area contributed by atoms with E-state index >= 15 is 0 Å². The van der Waals surface area contributed by atoms with Gasteiger partial charge in [-0.1, -0.05) is 32.0 Å². The van der Waals surface area contributed by atoms with Crippen molar-refractivity contribution in [1.29, 1.82) is 0 Å². The molecule has 0 spiro atoms. The van der Waals surface area contributed by atoms with Crippen molar-refractivity contribution in [1.82, 2.24) is 15.5 Å². The van der Waals surface area contributed by atoms with Gasteiger partial charge in [-0.3, -0.25) is 9.59 Å². The van der Waals surface area contributed by atoms with Gasteiger partial charge in [0.05, 0.1) is 0 Å². The zero-order chi connectivity index (χ0) is 26.2. The number of alkyl carbamates (subject to hydrolysis) is 1. The summed E-state index contributed by atoms with van der Waals surface area (Å²) < 4.78 is 5.29. The van der Waals surface area contributed by atoms with Crippen LogP contribution in [0.4, 0.5) is 4.79 Å². The second-order valence-electron chi connectivity index (χ2n) is 10.8. The summed E-state index contributed by atoms with van der Waals surface area (Å²) in [4.78, 5) is 40.9. The van der Waals surface area contributed by atoms with E-state index in [0.717, 1.165) is 29.5 Å². The molecule has 2 atom stereocenters. The molecule has 0 saturated heterocycles. The van der Waals surface area contributed by atoms with E-state index in [1.807, 2.05) is 52.8 Å². The Morgan fingerprint density at radius 3 is 2.15 bits per heavy atom. The highest BCUT2D eigenvalue weighted by Crippen LogP contribution is 2.30. The Balaban J connectivity index is 3.41. The molecule has 1 rings (SSSR count). The van der Waals surface area contributed by atoms with Crippen molar-refractivity contribution in [2.45, 2.75) is 106 Å². The van der Waals surface area contributed by atoms with Gasteiger partial charge in [-0.2, -0.15) is 0 Å². The molecule has 0 aliphatic rings. The summed E-state index contributed by atoms with van der Waals surface area (Å²) in [6, 6.07) is 4.71. The van der Waals surface area contributed by atoms with E-state index in [0.29, 0.717) is 5.92 Å². The van der Waals surface area contributed by atoms with Gasteiger partial charge in [0.25, 0.3) is 0 Å². The Morgan fingerprint density at radius 1 is 1.00 bits per heavy atom. The first-order valence-electron chi connectivity index (χ1n) is 12.3. The van der Waals surface area contributed by atoms with Gasteiger partial charge in [0.15, 0.2) is 0 Å². The molecule has 192 valence electrons. The Hall–Kier alpha value is -2.57.